The van der Waals surface area contributed by atoms with E-state index in [1.54, 1.807) is 26.0 Å². The number of carbonyl (C=O) groups is 1. The predicted octanol–water partition coefficient (Wildman–Crippen LogP) is 1.10. The molecule has 0 aromatic heterocycles. The van der Waals surface area contributed by atoms with Gasteiger partial charge in [-0.1, -0.05) is 18.2 Å². The lowest BCUT2D eigenvalue weighted by Gasteiger charge is -2.26. The number of nitrogens with two attached hydrogens (primary N) is 1. The maximum atomic E-state index is 13.4. The Morgan fingerprint density at radius 3 is 2.67 bits per heavy atom. The molecule has 0 aliphatic carbocycles. The molecule has 4 nitrogen and oxygen atoms in total. The van der Waals surface area contributed by atoms with E-state index in [0.717, 1.165) is 0 Å². The van der Waals surface area contributed by atoms with Crippen molar-refractivity contribution in [1.82, 2.24) is 5.32 Å². The van der Waals surface area contributed by atoms with Gasteiger partial charge in [-0.15, -0.1) is 0 Å². The Balaban J connectivity index is 2.59. The lowest BCUT2D eigenvalue weighted by atomic mass is 9.99. The fraction of sp³-hybridized carbons (Fsp3) is 0.462. The lowest BCUT2D eigenvalue weighted by molar-refractivity contribution is -0.119. The minimum atomic E-state index is -0.960. The summed E-state index contributed by atoms with van der Waals surface area (Å²) in [5, 5.41) is 12.9. The van der Waals surface area contributed by atoms with Gasteiger partial charge in [0.1, 0.15) is 5.82 Å². The summed E-state index contributed by atoms with van der Waals surface area (Å²) in [5.74, 6) is -0.868. The monoisotopic (exact) mass is 254 g/mol. The first kappa shape index (κ1) is 14.6. The molecular weight excluding hydrogens is 235 g/mol. The van der Waals surface area contributed by atoms with E-state index in [1.807, 2.05) is 0 Å². The van der Waals surface area contributed by atoms with E-state index in [-0.39, 0.29) is 18.5 Å². The van der Waals surface area contributed by atoms with Crippen LogP contribution >= 0.6 is 0 Å². The predicted molar refractivity (Wildman–Crippen MR) is 67.3 cm³/mol. The molecular formula is C13H19FN2O2. The smallest absolute Gasteiger partial charge is 0.219 e. The molecule has 1 aromatic carbocycles. The average molecular weight is 254 g/mol. The van der Waals surface area contributed by atoms with E-state index < -0.39 is 23.4 Å². The van der Waals surface area contributed by atoms with Gasteiger partial charge >= 0.3 is 0 Å². The van der Waals surface area contributed by atoms with E-state index in [2.05, 4.69) is 5.32 Å². The van der Waals surface area contributed by atoms with Crippen LogP contribution in [-0.2, 0) is 4.79 Å². The van der Waals surface area contributed by atoms with Crippen LogP contribution in [0, 0.1) is 5.82 Å². The summed E-state index contributed by atoms with van der Waals surface area (Å²) in [4.78, 5) is 10.8. The number of β-amino-alcohol motifs (C(OH)–C–C–N with tert-alkyl or cyclic N) is 1. The van der Waals surface area contributed by atoms with Crippen LogP contribution in [-0.4, -0.2) is 23.1 Å². The van der Waals surface area contributed by atoms with Crippen molar-refractivity contribution in [1.29, 1.82) is 0 Å². The first-order valence-electron chi connectivity index (χ1n) is 5.77. The largest absolute Gasteiger partial charge is 0.387 e. The number of halogens is 1. The minimum absolute atomic E-state index is 0.150. The second kappa shape index (κ2) is 5.93. The van der Waals surface area contributed by atoms with Gasteiger partial charge in [-0.3, -0.25) is 4.79 Å². The van der Waals surface area contributed by atoms with Crippen molar-refractivity contribution in [3.63, 3.8) is 0 Å². The zero-order valence-corrected chi connectivity index (χ0v) is 10.6. The molecule has 100 valence electrons. The molecule has 0 aliphatic heterocycles. The minimum Gasteiger partial charge on any atom is -0.387 e. The number of carbonyl (C=O) groups excluding carboxylic acids is 1. The van der Waals surface area contributed by atoms with Crippen LogP contribution in [0.1, 0.15) is 31.9 Å². The number of benzene rings is 1. The van der Waals surface area contributed by atoms with Gasteiger partial charge in [0.25, 0.3) is 0 Å². The fourth-order valence-electron chi connectivity index (χ4n) is 1.73. The van der Waals surface area contributed by atoms with Crippen LogP contribution in [0.15, 0.2) is 24.3 Å². The number of nitrogens with one attached hydrogen (secondary N) is 1. The zero-order valence-electron chi connectivity index (χ0n) is 10.6. The van der Waals surface area contributed by atoms with Crippen molar-refractivity contribution < 1.29 is 14.3 Å². The topological polar surface area (TPSA) is 75.4 Å². The van der Waals surface area contributed by atoms with Crippen molar-refractivity contribution in [2.75, 3.05) is 6.54 Å². The number of primary amides is 1. The molecule has 1 amide bonds. The van der Waals surface area contributed by atoms with Gasteiger partial charge in [-0.25, -0.2) is 4.39 Å². The molecule has 0 saturated heterocycles. The van der Waals surface area contributed by atoms with Gasteiger partial charge in [-0.2, -0.15) is 0 Å². The lowest BCUT2D eigenvalue weighted by Crippen LogP contribution is -2.44. The molecule has 1 aromatic rings. The Morgan fingerprint density at radius 1 is 1.50 bits per heavy atom. The van der Waals surface area contributed by atoms with Crippen LogP contribution in [0.5, 0.6) is 0 Å². The van der Waals surface area contributed by atoms with Crippen LogP contribution in [0.2, 0.25) is 0 Å². The van der Waals surface area contributed by atoms with Crippen LogP contribution < -0.4 is 11.1 Å². The summed E-state index contributed by atoms with van der Waals surface area (Å²) >= 11 is 0. The number of aliphatic hydroxyl groups is 1. The molecule has 0 bridgehead atoms. The first-order valence-corrected chi connectivity index (χ1v) is 5.77. The van der Waals surface area contributed by atoms with Gasteiger partial charge in [0.2, 0.25) is 5.91 Å². The average Bonchev–Trinajstić information content (AvgIpc) is 2.25. The molecule has 18 heavy (non-hydrogen) atoms. The van der Waals surface area contributed by atoms with E-state index in [1.165, 1.54) is 12.1 Å². The Morgan fingerprint density at radius 2 is 2.11 bits per heavy atom. The summed E-state index contributed by atoms with van der Waals surface area (Å²) < 4.78 is 13.4. The molecule has 5 heteroatoms. The summed E-state index contributed by atoms with van der Waals surface area (Å²) in [6.07, 6.45) is -0.810. The Kier molecular flexibility index (Phi) is 4.81. The highest BCUT2D eigenvalue weighted by Crippen LogP contribution is 2.17. The quantitative estimate of drug-likeness (QED) is 0.711. The summed E-state index contributed by atoms with van der Waals surface area (Å²) in [7, 11) is 0. The number of hydrogen-bond acceptors (Lipinski definition) is 3. The Hall–Kier alpha value is -1.46. The van der Waals surface area contributed by atoms with Gasteiger partial charge in [0.05, 0.1) is 6.10 Å². The Labute approximate surface area is 106 Å². The summed E-state index contributed by atoms with van der Waals surface area (Å²) in [5.41, 5.74) is 4.83. The van der Waals surface area contributed by atoms with E-state index >= 15 is 0 Å². The van der Waals surface area contributed by atoms with Crippen molar-refractivity contribution in [2.24, 2.45) is 5.73 Å². The number of hydrogen-bond donors (Lipinski definition) is 3. The molecule has 0 spiro atoms. The van der Waals surface area contributed by atoms with Crippen LogP contribution in [0.25, 0.3) is 0 Å². The molecule has 1 rings (SSSR count). The van der Waals surface area contributed by atoms with Crippen LogP contribution in [0.3, 0.4) is 0 Å². The van der Waals surface area contributed by atoms with E-state index in [0.29, 0.717) is 0 Å². The highest BCUT2D eigenvalue weighted by atomic mass is 19.1. The van der Waals surface area contributed by atoms with Crippen molar-refractivity contribution >= 4 is 5.91 Å². The van der Waals surface area contributed by atoms with Crippen molar-refractivity contribution in [3.05, 3.63) is 35.6 Å². The molecule has 0 fully saturated rings. The van der Waals surface area contributed by atoms with Crippen LogP contribution in [0.4, 0.5) is 4.39 Å². The molecule has 4 N–H and O–H groups in total. The van der Waals surface area contributed by atoms with Crippen molar-refractivity contribution in [3.8, 4) is 0 Å². The van der Waals surface area contributed by atoms with E-state index in [9.17, 15) is 14.3 Å². The van der Waals surface area contributed by atoms with Gasteiger partial charge in [0, 0.05) is 24.1 Å². The summed E-state index contributed by atoms with van der Waals surface area (Å²) in [6.45, 7) is 3.75. The van der Waals surface area contributed by atoms with Gasteiger partial charge in [-0.05, 0) is 19.9 Å². The summed E-state index contributed by atoms with van der Waals surface area (Å²) in [6, 6.07) is 6.06. The third kappa shape index (κ3) is 4.43. The molecule has 0 radical (unpaired) electrons. The SMILES string of the molecule is CC(C)(CC(N)=O)NCC(O)c1ccccc1F. The van der Waals surface area contributed by atoms with Gasteiger partial charge < -0.3 is 16.2 Å². The zero-order chi connectivity index (χ0) is 13.8. The highest BCUT2D eigenvalue weighted by Gasteiger charge is 2.22. The molecule has 0 aliphatic rings. The number of aliphatic hydroxyl groups excluding tert-OH is 1. The van der Waals surface area contributed by atoms with E-state index in [4.69, 9.17) is 5.73 Å². The second-order valence-corrected chi connectivity index (χ2v) is 4.95. The van der Waals surface area contributed by atoms with Crippen molar-refractivity contribution in [2.45, 2.75) is 31.9 Å². The second-order valence-electron chi connectivity index (χ2n) is 4.95. The Bertz CT molecular complexity index is 421. The fourth-order valence-corrected chi connectivity index (χ4v) is 1.73. The normalized spacial score (nSPS) is 13.3. The standard InChI is InChI=1S/C13H19FN2O2/c1-13(2,7-12(15)18)16-8-11(17)9-5-3-4-6-10(9)14/h3-6,11,16-17H,7-8H2,1-2H3,(H2,15,18). The molecule has 0 heterocycles. The molecule has 1 atom stereocenters. The first-order chi connectivity index (χ1) is 8.32. The molecule has 0 saturated carbocycles. The maximum absolute atomic E-state index is 13.4. The van der Waals surface area contributed by atoms with Gasteiger partial charge in [0.15, 0.2) is 0 Å². The third-order valence-corrected chi connectivity index (χ3v) is 2.65. The molecule has 1 unspecified atom stereocenters. The highest BCUT2D eigenvalue weighted by molar-refractivity contribution is 5.74. The number of rotatable bonds is 6. The number of amides is 1. The third-order valence-electron chi connectivity index (χ3n) is 2.65. The maximum Gasteiger partial charge on any atom is 0.219 e.